The summed E-state index contributed by atoms with van der Waals surface area (Å²) in [7, 11) is -8.88. The van der Waals surface area contributed by atoms with Crippen LogP contribution in [0, 0.1) is 0 Å². The number of fused-ring (bicyclic) bond motifs is 2. The van der Waals surface area contributed by atoms with Crippen molar-refractivity contribution in [1.82, 2.24) is 0 Å². The minimum atomic E-state index is -5.18. The summed E-state index contributed by atoms with van der Waals surface area (Å²) >= 11 is 0. The van der Waals surface area contributed by atoms with Gasteiger partial charge in [-0.15, -0.1) is 0 Å². The minimum Gasteiger partial charge on any atom is -0.457 e. The van der Waals surface area contributed by atoms with Crippen LogP contribution >= 0.6 is 0 Å². The fraction of sp³-hybridized carbons (Fsp3) is 0.111. The van der Waals surface area contributed by atoms with Gasteiger partial charge in [-0.25, -0.2) is 0 Å². The van der Waals surface area contributed by atoms with Crippen molar-refractivity contribution in [3.05, 3.63) is 108 Å². The number of halogens is 1. The standard InChI is InChI=1S/C27H21FO9S2/c1-38(29,30)36-20-14-10-18(11-15-20)33-27(34-19-12-16-21(17-13-19)37-39(28,31)32)26-22-6-2-4-8-24(22)35-25-9-5-3-7-23(25)26/h2-17,26-27H,1H3. The summed E-state index contributed by atoms with van der Waals surface area (Å²) in [6.07, 6.45) is -0.0461. The van der Waals surface area contributed by atoms with Crippen molar-refractivity contribution >= 4 is 20.6 Å². The van der Waals surface area contributed by atoms with E-state index in [0.717, 1.165) is 17.4 Å². The Labute approximate surface area is 224 Å². The van der Waals surface area contributed by atoms with Crippen LogP contribution in [0.2, 0.25) is 0 Å². The van der Waals surface area contributed by atoms with Crippen molar-refractivity contribution in [2.45, 2.75) is 12.2 Å². The summed E-state index contributed by atoms with van der Waals surface area (Å²) in [4.78, 5) is 0. The number of rotatable bonds is 9. The molecular weight excluding hydrogens is 551 g/mol. The maximum absolute atomic E-state index is 12.9. The van der Waals surface area contributed by atoms with Gasteiger partial charge in [0, 0.05) is 11.1 Å². The van der Waals surface area contributed by atoms with Crippen molar-refractivity contribution in [2.75, 3.05) is 6.26 Å². The predicted molar refractivity (Wildman–Crippen MR) is 139 cm³/mol. The number of hydrogen-bond donors (Lipinski definition) is 0. The van der Waals surface area contributed by atoms with Crippen LogP contribution in [-0.2, 0) is 20.6 Å². The van der Waals surface area contributed by atoms with Crippen molar-refractivity contribution < 1.29 is 43.3 Å². The molecule has 1 aliphatic heterocycles. The maximum atomic E-state index is 12.9. The van der Waals surface area contributed by atoms with Crippen molar-refractivity contribution in [1.29, 1.82) is 0 Å². The summed E-state index contributed by atoms with van der Waals surface area (Å²) in [5, 5.41) is 0. The van der Waals surface area contributed by atoms with Crippen LogP contribution < -0.4 is 22.6 Å². The van der Waals surface area contributed by atoms with Crippen LogP contribution in [0.3, 0.4) is 0 Å². The Morgan fingerprint density at radius 2 is 1.05 bits per heavy atom. The Morgan fingerprint density at radius 3 is 1.49 bits per heavy atom. The van der Waals surface area contributed by atoms with Crippen molar-refractivity contribution in [3.63, 3.8) is 0 Å². The first-order valence-electron chi connectivity index (χ1n) is 11.5. The summed E-state index contributed by atoms with van der Waals surface area (Å²) in [5.74, 6) is 1.26. The molecule has 0 fully saturated rings. The van der Waals surface area contributed by atoms with Crippen LogP contribution in [-0.4, -0.2) is 29.4 Å². The van der Waals surface area contributed by atoms with Crippen molar-refractivity contribution in [3.8, 4) is 34.5 Å². The lowest BCUT2D eigenvalue weighted by molar-refractivity contribution is -0.00887. The molecule has 5 rings (SSSR count). The summed E-state index contributed by atoms with van der Waals surface area (Å²) in [6.45, 7) is 0. The van der Waals surface area contributed by atoms with E-state index in [2.05, 4.69) is 4.18 Å². The first-order chi connectivity index (χ1) is 18.5. The molecule has 0 aromatic heterocycles. The summed E-state index contributed by atoms with van der Waals surface area (Å²) < 4.78 is 85.3. The van der Waals surface area contributed by atoms with Gasteiger partial charge in [-0.2, -0.15) is 16.8 Å². The number of ether oxygens (including phenoxy) is 3. The normalized spacial score (nSPS) is 13.8. The highest BCUT2D eigenvalue weighted by Crippen LogP contribution is 2.46. The monoisotopic (exact) mass is 572 g/mol. The second-order valence-corrected chi connectivity index (χ2v) is 11.0. The van der Waals surface area contributed by atoms with Gasteiger partial charge in [-0.3, -0.25) is 0 Å². The number of benzene rings is 4. The van der Waals surface area contributed by atoms with Gasteiger partial charge in [-0.05, 0) is 60.7 Å². The zero-order valence-electron chi connectivity index (χ0n) is 20.3. The van der Waals surface area contributed by atoms with E-state index in [-0.39, 0.29) is 17.2 Å². The molecule has 0 radical (unpaired) electrons. The molecule has 9 nitrogen and oxygen atoms in total. The molecule has 0 saturated carbocycles. The third-order valence-corrected chi connectivity index (χ3v) is 6.48. The van der Waals surface area contributed by atoms with E-state index in [1.807, 2.05) is 48.5 Å². The molecule has 0 amide bonds. The molecule has 4 aromatic carbocycles. The van der Waals surface area contributed by atoms with Crippen molar-refractivity contribution in [2.24, 2.45) is 0 Å². The Morgan fingerprint density at radius 1 is 0.641 bits per heavy atom. The highest BCUT2D eigenvalue weighted by atomic mass is 32.3. The lowest BCUT2D eigenvalue weighted by Gasteiger charge is -2.33. The van der Waals surface area contributed by atoms with Crippen LogP contribution in [0.4, 0.5) is 3.89 Å². The maximum Gasteiger partial charge on any atom is 0.488 e. The Bertz CT molecular complexity index is 1560. The lowest BCUT2D eigenvalue weighted by atomic mass is 9.87. The highest BCUT2D eigenvalue weighted by molar-refractivity contribution is 7.86. The molecule has 0 N–H and O–H groups in total. The average Bonchev–Trinajstić information content (AvgIpc) is 2.87. The Kier molecular flexibility index (Phi) is 7.06. The number of hydrogen-bond acceptors (Lipinski definition) is 9. The SMILES string of the molecule is CS(=O)(=O)Oc1ccc(OC(Oc2ccc(OS(=O)(=O)F)cc2)C2c3ccccc3Oc3ccccc32)cc1. The van der Waals surface area contributed by atoms with E-state index in [4.69, 9.17) is 18.4 Å². The number of para-hydroxylation sites is 2. The molecule has 1 heterocycles. The molecule has 0 aliphatic carbocycles. The first kappa shape index (κ1) is 26.3. The topological polar surface area (TPSA) is 114 Å². The van der Waals surface area contributed by atoms with Gasteiger partial charge in [0.2, 0.25) is 0 Å². The van der Waals surface area contributed by atoms with Crippen LogP contribution in [0.1, 0.15) is 17.0 Å². The quantitative estimate of drug-likeness (QED) is 0.149. The molecule has 39 heavy (non-hydrogen) atoms. The molecule has 0 bridgehead atoms. The lowest BCUT2D eigenvalue weighted by Crippen LogP contribution is -2.34. The van der Waals surface area contributed by atoms with Crippen LogP contribution in [0.15, 0.2) is 97.1 Å². The largest absolute Gasteiger partial charge is 0.488 e. The Hall–Kier alpha value is -4.29. The molecule has 1 atom stereocenters. The molecule has 0 spiro atoms. The third-order valence-electron chi connectivity index (χ3n) is 5.60. The van der Waals surface area contributed by atoms with Gasteiger partial charge < -0.3 is 22.6 Å². The van der Waals surface area contributed by atoms with Gasteiger partial charge in [0.25, 0.3) is 6.29 Å². The first-order valence-corrected chi connectivity index (χ1v) is 14.6. The second-order valence-electron chi connectivity index (χ2n) is 8.47. The molecule has 12 heteroatoms. The van der Waals surface area contributed by atoms with E-state index < -0.39 is 32.8 Å². The average molecular weight is 573 g/mol. The molecular formula is C27H21FO9S2. The van der Waals surface area contributed by atoms with Gasteiger partial charge in [0.15, 0.2) is 0 Å². The van der Waals surface area contributed by atoms with E-state index in [1.165, 1.54) is 48.5 Å². The fourth-order valence-electron chi connectivity index (χ4n) is 4.11. The highest BCUT2D eigenvalue weighted by Gasteiger charge is 2.36. The third kappa shape index (κ3) is 6.59. The van der Waals surface area contributed by atoms with E-state index in [1.54, 1.807) is 0 Å². The van der Waals surface area contributed by atoms with Gasteiger partial charge in [0.05, 0.1) is 12.2 Å². The molecule has 202 valence electrons. The van der Waals surface area contributed by atoms with E-state index >= 15 is 0 Å². The summed E-state index contributed by atoms with van der Waals surface area (Å²) in [5.41, 5.74) is 1.59. The van der Waals surface area contributed by atoms with E-state index in [9.17, 15) is 20.7 Å². The second kappa shape index (κ2) is 10.5. The molecule has 1 aliphatic rings. The van der Waals surface area contributed by atoms with Crippen LogP contribution in [0.5, 0.6) is 34.5 Å². The van der Waals surface area contributed by atoms with E-state index in [0.29, 0.717) is 17.2 Å². The van der Waals surface area contributed by atoms with Gasteiger partial charge in [0.1, 0.15) is 34.5 Å². The molecule has 4 aromatic rings. The smallest absolute Gasteiger partial charge is 0.457 e. The minimum absolute atomic E-state index is 0.113. The predicted octanol–water partition coefficient (Wildman–Crippen LogP) is 5.34. The zero-order valence-corrected chi connectivity index (χ0v) is 21.9. The van der Waals surface area contributed by atoms with Gasteiger partial charge in [-0.1, -0.05) is 40.3 Å². The molecule has 0 saturated heterocycles. The molecule has 1 unspecified atom stereocenters. The van der Waals surface area contributed by atoms with Crippen LogP contribution in [0.25, 0.3) is 0 Å². The summed E-state index contributed by atoms with van der Waals surface area (Å²) in [6, 6.07) is 26.1. The van der Waals surface area contributed by atoms with Gasteiger partial charge >= 0.3 is 20.6 Å². The Balaban J connectivity index is 1.52. The zero-order chi connectivity index (χ0) is 27.6. The fourth-order valence-corrected chi connectivity index (χ4v) is 4.91.